The van der Waals surface area contributed by atoms with Gasteiger partial charge in [-0.2, -0.15) is 0 Å². The third kappa shape index (κ3) is 4.40. The highest BCUT2D eigenvalue weighted by Crippen LogP contribution is 2.26. The van der Waals surface area contributed by atoms with Gasteiger partial charge in [0.25, 0.3) is 0 Å². The van der Waals surface area contributed by atoms with Gasteiger partial charge >= 0.3 is 0 Å². The Morgan fingerprint density at radius 2 is 1.78 bits per heavy atom. The lowest BCUT2D eigenvalue weighted by Gasteiger charge is -2.43. The monoisotopic (exact) mass is 381 g/mol. The predicted octanol–water partition coefficient (Wildman–Crippen LogP) is 2.06. The van der Waals surface area contributed by atoms with E-state index in [1.165, 1.54) is 43.6 Å². The Morgan fingerprint density at radius 3 is 2.43 bits per heavy atom. The summed E-state index contributed by atoms with van der Waals surface area (Å²) in [7, 11) is 0. The first-order valence-corrected chi connectivity index (χ1v) is 7.95. The number of nitrogens with zero attached hydrogens (tertiary/aromatic N) is 4. The molecule has 0 amide bonds. The topological polar surface area (TPSA) is 44.3 Å². The molecule has 132 valence electrons. The van der Waals surface area contributed by atoms with Crippen LogP contribution < -0.4 is 10.2 Å². The van der Waals surface area contributed by atoms with Crippen LogP contribution in [0.4, 0.5) is 5.95 Å². The number of hydrogen-bond acceptors (Lipinski definition) is 5. The van der Waals surface area contributed by atoms with Gasteiger partial charge in [0, 0.05) is 63.5 Å². The number of piperazine rings is 1. The smallest absolute Gasteiger partial charge is 0.225 e. The molecule has 0 radical (unpaired) electrons. The van der Waals surface area contributed by atoms with Crippen LogP contribution in [0.1, 0.15) is 30.5 Å². The Balaban J connectivity index is 0.000000882. The largest absolute Gasteiger partial charge is 0.338 e. The maximum atomic E-state index is 4.80. The fourth-order valence-electron chi connectivity index (χ4n) is 3.42. The third-order valence-corrected chi connectivity index (χ3v) is 4.98. The Kier molecular flexibility index (Phi) is 8.31. The highest BCUT2D eigenvalue weighted by Gasteiger charge is 2.28. The molecule has 1 N–H and O–H groups in total. The number of halogens is 3. The number of nitrogens with one attached hydrogen (secondary N) is 1. The molecule has 1 aromatic rings. The van der Waals surface area contributed by atoms with E-state index in [9.17, 15) is 0 Å². The van der Waals surface area contributed by atoms with Gasteiger partial charge in [-0.3, -0.25) is 4.90 Å². The SMILES string of the molecule is Cl.Cl.Cl.c1nc(N2CCN(C3CCC3)CC2)nc2c1CNCC2. The maximum Gasteiger partial charge on any atom is 0.225 e. The summed E-state index contributed by atoms with van der Waals surface area (Å²) in [6, 6.07) is 0.868. The second-order valence-electron chi connectivity index (χ2n) is 6.18. The van der Waals surface area contributed by atoms with Gasteiger partial charge in [-0.1, -0.05) is 6.42 Å². The van der Waals surface area contributed by atoms with Crippen molar-refractivity contribution in [2.45, 2.75) is 38.3 Å². The molecule has 1 aliphatic carbocycles. The van der Waals surface area contributed by atoms with Crippen LogP contribution in [-0.4, -0.2) is 53.6 Å². The number of aromatic nitrogens is 2. The van der Waals surface area contributed by atoms with E-state index >= 15 is 0 Å². The lowest BCUT2D eigenvalue weighted by Crippen LogP contribution is -2.52. The molecule has 1 saturated heterocycles. The molecule has 8 heteroatoms. The number of rotatable bonds is 2. The first-order chi connectivity index (χ1) is 9.90. The van der Waals surface area contributed by atoms with Gasteiger partial charge in [0.2, 0.25) is 5.95 Å². The van der Waals surface area contributed by atoms with Crippen molar-refractivity contribution in [3.05, 3.63) is 17.5 Å². The molecule has 0 atom stereocenters. The summed E-state index contributed by atoms with van der Waals surface area (Å²) < 4.78 is 0. The number of anilines is 1. The molecular weight excluding hydrogens is 357 g/mol. The van der Waals surface area contributed by atoms with Crippen LogP contribution in [-0.2, 0) is 13.0 Å². The van der Waals surface area contributed by atoms with Gasteiger partial charge in [0.05, 0.1) is 5.69 Å². The summed E-state index contributed by atoms with van der Waals surface area (Å²) in [5.74, 6) is 0.943. The summed E-state index contributed by atoms with van der Waals surface area (Å²) >= 11 is 0. The van der Waals surface area contributed by atoms with Crippen LogP contribution >= 0.6 is 37.2 Å². The van der Waals surface area contributed by atoms with Crippen molar-refractivity contribution in [2.24, 2.45) is 0 Å². The van der Waals surface area contributed by atoms with E-state index in [-0.39, 0.29) is 37.2 Å². The summed E-state index contributed by atoms with van der Waals surface area (Å²) in [4.78, 5) is 14.4. The summed E-state index contributed by atoms with van der Waals surface area (Å²) in [5, 5.41) is 3.37. The van der Waals surface area contributed by atoms with E-state index in [1.54, 1.807) is 0 Å². The summed E-state index contributed by atoms with van der Waals surface area (Å²) in [5.41, 5.74) is 2.52. The van der Waals surface area contributed by atoms with Crippen LogP contribution in [0.5, 0.6) is 0 Å². The van der Waals surface area contributed by atoms with Gasteiger partial charge in [-0.25, -0.2) is 9.97 Å². The standard InChI is InChI=1S/C15H23N5.3ClH/c1-2-13(3-1)19-6-8-20(9-7-19)15-17-11-12-10-16-5-4-14(12)18-15;;;/h11,13,16H,1-10H2;3*1H. The van der Waals surface area contributed by atoms with Crippen LogP contribution in [0, 0.1) is 0 Å². The highest BCUT2D eigenvalue weighted by atomic mass is 35.5. The van der Waals surface area contributed by atoms with Crippen molar-refractivity contribution in [2.75, 3.05) is 37.6 Å². The molecule has 4 rings (SSSR count). The molecule has 0 unspecified atom stereocenters. The molecule has 23 heavy (non-hydrogen) atoms. The molecule has 2 fully saturated rings. The molecule has 2 aliphatic heterocycles. The number of fused-ring (bicyclic) bond motifs is 1. The van der Waals surface area contributed by atoms with E-state index in [2.05, 4.69) is 20.1 Å². The van der Waals surface area contributed by atoms with Gasteiger partial charge in [-0.15, -0.1) is 37.2 Å². The summed E-state index contributed by atoms with van der Waals surface area (Å²) in [6.07, 6.45) is 7.28. The van der Waals surface area contributed by atoms with E-state index in [4.69, 9.17) is 4.98 Å². The highest BCUT2D eigenvalue weighted by molar-refractivity contribution is 5.86. The minimum Gasteiger partial charge on any atom is -0.338 e. The lowest BCUT2D eigenvalue weighted by molar-refractivity contribution is 0.120. The van der Waals surface area contributed by atoms with Crippen LogP contribution in [0.2, 0.25) is 0 Å². The Hall–Kier alpha value is -0.330. The zero-order valence-corrected chi connectivity index (χ0v) is 15.7. The van der Waals surface area contributed by atoms with Crippen molar-refractivity contribution >= 4 is 43.2 Å². The molecule has 0 bridgehead atoms. The van der Waals surface area contributed by atoms with Crippen LogP contribution in [0.3, 0.4) is 0 Å². The molecule has 1 aromatic heterocycles. The second-order valence-corrected chi connectivity index (χ2v) is 6.18. The fraction of sp³-hybridized carbons (Fsp3) is 0.733. The van der Waals surface area contributed by atoms with E-state index in [1.807, 2.05) is 6.20 Å². The van der Waals surface area contributed by atoms with Crippen molar-refractivity contribution in [3.63, 3.8) is 0 Å². The average molecular weight is 383 g/mol. The minimum absolute atomic E-state index is 0. The van der Waals surface area contributed by atoms with Crippen molar-refractivity contribution < 1.29 is 0 Å². The van der Waals surface area contributed by atoms with E-state index < -0.39 is 0 Å². The lowest BCUT2D eigenvalue weighted by atomic mass is 9.91. The van der Waals surface area contributed by atoms with Crippen molar-refractivity contribution in [3.8, 4) is 0 Å². The Morgan fingerprint density at radius 1 is 1.04 bits per heavy atom. The zero-order valence-electron chi connectivity index (χ0n) is 13.2. The fourth-order valence-corrected chi connectivity index (χ4v) is 3.42. The van der Waals surface area contributed by atoms with Gasteiger partial charge in [0.15, 0.2) is 0 Å². The molecular formula is C15H26Cl3N5. The quantitative estimate of drug-likeness (QED) is 0.848. The van der Waals surface area contributed by atoms with Gasteiger partial charge < -0.3 is 10.2 Å². The third-order valence-electron chi connectivity index (χ3n) is 4.98. The first-order valence-electron chi connectivity index (χ1n) is 7.95. The van der Waals surface area contributed by atoms with Gasteiger partial charge in [-0.05, 0) is 12.8 Å². The van der Waals surface area contributed by atoms with Gasteiger partial charge in [0.1, 0.15) is 0 Å². The van der Waals surface area contributed by atoms with E-state index in [0.717, 1.165) is 44.6 Å². The molecule has 3 aliphatic rings. The van der Waals surface area contributed by atoms with Crippen molar-refractivity contribution in [1.29, 1.82) is 0 Å². The normalized spacial score (nSPS) is 21.1. The molecule has 5 nitrogen and oxygen atoms in total. The molecule has 0 aromatic carbocycles. The number of hydrogen-bond donors (Lipinski definition) is 1. The predicted molar refractivity (Wildman–Crippen MR) is 101 cm³/mol. The molecule has 3 heterocycles. The van der Waals surface area contributed by atoms with Crippen molar-refractivity contribution in [1.82, 2.24) is 20.2 Å². The maximum absolute atomic E-state index is 4.80. The first kappa shape index (κ1) is 20.7. The molecule has 0 spiro atoms. The Labute approximate surface area is 156 Å². The Bertz CT molecular complexity index is 490. The molecule has 1 saturated carbocycles. The summed E-state index contributed by atoms with van der Waals surface area (Å²) in [6.45, 7) is 6.46. The average Bonchev–Trinajstić information content (AvgIpc) is 2.46. The second kappa shape index (κ2) is 9.23. The zero-order chi connectivity index (χ0) is 13.4. The van der Waals surface area contributed by atoms with E-state index in [0.29, 0.717) is 0 Å². The van der Waals surface area contributed by atoms with Crippen LogP contribution in [0.15, 0.2) is 6.20 Å². The minimum atomic E-state index is 0. The van der Waals surface area contributed by atoms with Crippen LogP contribution in [0.25, 0.3) is 0 Å².